The summed E-state index contributed by atoms with van der Waals surface area (Å²) in [7, 11) is 0. The standard InChI is InChI=1S/C8H10Cl2O/c1-5-6(3-2-4-11)8(10)7(5)9/h4,7-8H,2-3H2,1H3/t7-,8+/m1/s1. The Morgan fingerprint density at radius 3 is 2.55 bits per heavy atom. The van der Waals surface area contributed by atoms with Crippen LogP contribution in [-0.4, -0.2) is 17.0 Å². The second-order valence-electron chi connectivity index (χ2n) is 2.72. The van der Waals surface area contributed by atoms with Crippen LogP contribution in [0.25, 0.3) is 0 Å². The Kier molecular flexibility index (Phi) is 2.97. The molecule has 0 aromatic carbocycles. The molecule has 1 aliphatic rings. The van der Waals surface area contributed by atoms with Crippen LogP contribution in [0.1, 0.15) is 19.8 Å². The Hall–Kier alpha value is -0.0100. The summed E-state index contributed by atoms with van der Waals surface area (Å²) in [6.45, 7) is 1.97. The van der Waals surface area contributed by atoms with E-state index >= 15 is 0 Å². The van der Waals surface area contributed by atoms with Crippen LogP contribution >= 0.6 is 23.2 Å². The Bertz CT molecular complexity index is 198. The second kappa shape index (κ2) is 3.59. The lowest BCUT2D eigenvalue weighted by Crippen LogP contribution is -2.31. The van der Waals surface area contributed by atoms with E-state index in [9.17, 15) is 4.79 Å². The van der Waals surface area contributed by atoms with Crippen LogP contribution in [0.3, 0.4) is 0 Å². The number of halogens is 2. The second-order valence-corrected chi connectivity index (χ2v) is 3.66. The molecule has 3 heteroatoms. The zero-order valence-corrected chi connectivity index (χ0v) is 7.82. The fourth-order valence-corrected chi connectivity index (χ4v) is 2.01. The van der Waals surface area contributed by atoms with E-state index in [0.29, 0.717) is 6.42 Å². The van der Waals surface area contributed by atoms with Gasteiger partial charge in [0, 0.05) is 6.42 Å². The number of aldehydes is 1. The lowest BCUT2D eigenvalue weighted by atomic mass is 9.85. The smallest absolute Gasteiger partial charge is 0.120 e. The molecule has 0 saturated carbocycles. The molecule has 0 aromatic heterocycles. The number of hydrogen-bond acceptors (Lipinski definition) is 1. The van der Waals surface area contributed by atoms with Gasteiger partial charge in [-0.25, -0.2) is 0 Å². The highest BCUT2D eigenvalue weighted by Gasteiger charge is 2.33. The first kappa shape index (κ1) is 9.08. The third-order valence-corrected chi connectivity index (χ3v) is 3.27. The fraction of sp³-hybridized carbons (Fsp3) is 0.625. The van der Waals surface area contributed by atoms with Crippen LogP contribution in [0, 0.1) is 0 Å². The molecule has 0 bridgehead atoms. The summed E-state index contributed by atoms with van der Waals surface area (Å²) in [5, 5.41) is -0.0602. The van der Waals surface area contributed by atoms with Crippen LogP contribution in [0.2, 0.25) is 0 Å². The van der Waals surface area contributed by atoms with Crippen LogP contribution in [0.4, 0.5) is 0 Å². The maximum absolute atomic E-state index is 10.0. The minimum atomic E-state index is -0.0448. The Morgan fingerprint density at radius 1 is 1.45 bits per heavy atom. The Balaban J connectivity index is 2.52. The molecule has 0 aliphatic heterocycles. The van der Waals surface area contributed by atoms with Gasteiger partial charge in [0.25, 0.3) is 0 Å². The SMILES string of the molecule is CC1=C(CCC=O)[C@H](Cl)[C@@H]1Cl. The lowest BCUT2D eigenvalue weighted by Gasteiger charge is -2.32. The number of hydrogen-bond donors (Lipinski definition) is 0. The van der Waals surface area contributed by atoms with Gasteiger partial charge in [-0.05, 0) is 18.9 Å². The number of allylic oxidation sites excluding steroid dienone is 2. The number of carbonyl (C=O) groups excluding carboxylic acids is 1. The number of carbonyl (C=O) groups is 1. The van der Waals surface area contributed by atoms with Crippen LogP contribution in [0.15, 0.2) is 11.1 Å². The summed E-state index contributed by atoms with van der Waals surface area (Å²) >= 11 is 11.7. The summed E-state index contributed by atoms with van der Waals surface area (Å²) in [6, 6.07) is 0. The van der Waals surface area contributed by atoms with Crippen molar-refractivity contribution in [3.05, 3.63) is 11.1 Å². The Labute approximate surface area is 76.4 Å². The normalized spacial score (nSPS) is 30.1. The summed E-state index contributed by atoms with van der Waals surface area (Å²) in [4.78, 5) is 10.0. The van der Waals surface area contributed by atoms with Gasteiger partial charge in [0.05, 0.1) is 10.8 Å². The molecule has 0 amide bonds. The van der Waals surface area contributed by atoms with Gasteiger partial charge >= 0.3 is 0 Å². The van der Waals surface area contributed by atoms with Crippen molar-refractivity contribution in [2.75, 3.05) is 0 Å². The van der Waals surface area contributed by atoms with Gasteiger partial charge in [-0.15, -0.1) is 23.2 Å². The summed E-state index contributed by atoms with van der Waals surface area (Å²) in [6.07, 6.45) is 2.23. The molecule has 0 radical (unpaired) electrons. The van der Waals surface area contributed by atoms with Crippen LogP contribution < -0.4 is 0 Å². The lowest BCUT2D eigenvalue weighted by molar-refractivity contribution is -0.107. The third-order valence-electron chi connectivity index (χ3n) is 2.04. The Morgan fingerprint density at radius 2 is 2.09 bits per heavy atom. The zero-order chi connectivity index (χ0) is 8.43. The van der Waals surface area contributed by atoms with Gasteiger partial charge in [-0.1, -0.05) is 5.57 Å². The van der Waals surface area contributed by atoms with Crippen molar-refractivity contribution in [1.82, 2.24) is 0 Å². The number of alkyl halides is 2. The molecule has 0 spiro atoms. The summed E-state index contributed by atoms with van der Waals surface area (Å²) in [5.74, 6) is 0. The van der Waals surface area contributed by atoms with Crippen LogP contribution in [-0.2, 0) is 4.79 Å². The monoisotopic (exact) mass is 192 g/mol. The van der Waals surface area contributed by atoms with E-state index in [2.05, 4.69) is 0 Å². The van der Waals surface area contributed by atoms with Crippen molar-refractivity contribution >= 4 is 29.5 Å². The molecule has 0 heterocycles. The van der Waals surface area contributed by atoms with E-state index in [4.69, 9.17) is 23.2 Å². The molecule has 11 heavy (non-hydrogen) atoms. The van der Waals surface area contributed by atoms with Gasteiger partial charge in [0.1, 0.15) is 6.29 Å². The summed E-state index contributed by atoms with van der Waals surface area (Å²) < 4.78 is 0. The van der Waals surface area contributed by atoms with Crippen molar-refractivity contribution < 1.29 is 4.79 Å². The first-order valence-electron chi connectivity index (χ1n) is 3.59. The van der Waals surface area contributed by atoms with Crippen molar-refractivity contribution in [3.63, 3.8) is 0 Å². The maximum Gasteiger partial charge on any atom is 0.120 e. The van der Waals surface area contributed by atoms with Crippen LogP contribution in [0.5, 0.6) is 0 Å². The summed E-state index contributed by atoms with van der Waals surface area (Å²) in [5.41, 5.74) is 2.30. The van der Waals surface area contributed by atoms with Gasteiger partial charge in [0.15, 0.2) is 0 Å². The van der Waals surface area contributed by atoms with Gasteiger partial charge in [-0.3, -0.25) is 0 Å². The molecule has 0 aromatic rings. The fourth-order valence-electron chi connectivity index (χ4n) is 1.24. The van der Waals surface area contributed by atoms with Crippen molar-refractivity contribution in [1.29, 1.82) is 0 Å². The van der Waals surface area contributed by atoms with Crippen molar-refractivity contribution in [3.8, 4) is 0 Å². The third kappa shape index (κ3) is 1.60. The predicted octanol–water partition coefficient (Wildman–Crippen LogP) is 2.51. The molecular formula is C8H10Cl2O. The first-order chi connectivity index (χ1) is 5.18. The molecule has 0 fully saturated rings. The van der Waals surface area contributed by atoms with E-state index < -0.39 is 0 Å². The molecule has 1 aliphatic carbocycles. The first-order valence-corrected chi connectivity index (χ1v) is 4.47. The molecular weight excluding hydrogens is 183 g/mol. The van der Waals surface area contributed by atoms with Gasteiger partial charge < -0.3 is 4.79 Å². The quantitative estimate of drug-likeness (QED) is 0.382. The van der Waals surface area contributed by atoms with E-state index in [0.717, 1.165) is 23.9 Å². The topological polar surface area (TPSA) is 17.1 Å². The molecule has 1 nitrogen and oxygen atoms in total. The predicted molar refractivity (Wildman–Crippen MR) is 47.3 cm³/mol. The van der Waals surface area contributed by atoms with E-state index in [1.54, 1.807) is 0 Å². The van der Waals surface area contributed by atoms with Crippen molar-refractivity contribution in [2.45, 2.75) is 30.5 Å². The molecule has 0 saturated heterocycles. The molecule has 0 unspecified atom stereocenters. The van der Waals surface area contributed by atoms with Gasteiger partial charge in [-0.2, -0.15) is 0 Å². The number of rotatable bonds is 3. The highest BCUT2D eigenvalue weighted by Crippen LogP contribution is 2.39. The highest BCUT2D eigenvalue weighted by molar-refractivity contribution is 6.34. The average Bonchev–Trinajstić information content (AvgIpc) is 2.04. The molecule has 2 atom stereocenters. The van der Waals surface area contributed by atoms with E-state index in [-0.39, 0.29) is 10.8 Å². The molecule has 0 N–H and O–H groups in total. The highest BCUT2D eigenvalue weighted by atomic mass is 35.5. The zero-order valence-electron chi connectivity index (χ0n) is 6.31. The minimum absolute atomic E-state index is 0.0154. The maximum atomic E-state index is 10.0. The molecule has 1 rings (SSSR count). The van der Waals surface area contributed by atoms with Crippen molar-refractivity contribution in [2.24, 2.45) is 0 Å². The van der Waals surface area contributed by atoms with E-state index in [1.165, 1.54) is 0 Å². The van der Waals surface area contributed by atoms with Gasteiger partial charge in [0.2, 0.25) is 0 Å². The largest absolute Gasteiger partial charge is 0.303 e. The minimum Gasteiger partial charge on any atom is -0.303 e. The molecule has 62 valence electrons. The van der Waals surface area contributed by atoms with E-state index in [1.807, 2.05) is 6.92 Å². The average molecular weight is 193 g/mol.